The van der Waals surface area contributed by atoms with Gasteiger partial charge in [0.25, 0.3) is 0 Å². The van der Waals surface area contributed by atoms with Gasteiger partial charge in [0.05, 0.1) is 33.0 Å². The SMILES string of the molecule is CCOC(=O)C(OP(=S)(OCC)OCC)SP(=O)(OCC)OCC. The number of carbonyl (C=O) groups excluding carboxylic acids is 1. The topological polar surface area (TPSA) is 89.5 Å². The molecule has 0 aliphatic rings. The molecule has 1 atom stereocenters. The Morgan fingerprint density at radius 2 is 1.38 bits per heavy atom. The minimum absolute atomic E-state index is 0.124. The summed E-state index contributed by atoms with van der Waals surface area (Å²) in [5, 5.41) is 0. The average molecular weight is 424 g/mol. The van der Waals surface area contributed by atoms with E-state index in [1.807, 2.05) is 0 Å². The molecule has 0 aromatic carbocycles. The number of esters is 1. The summed E-state index contributed by atoms with van der Waals surface area (Å²) in [5.41, 5.74) is -1.35. The van der Waals surface area contributed by atoms with E-state index in [0.29, 0.717) is 11.4 Å². The van der Waals surface area contributed by atoms with Gasteiger partial charge in [0.1, 0.15) is 0 Å². The van der Waals surface area contributed by atoms with E-state index in [1.54, 1.807) is 34.6 Å². The van der Waals surface area contributed by atoms with Gasteiger partial charge in [0, 0.05) is 11.4 Å². The molecule has 0 saturated heterocycles. The van der Waals surface area contributed by atoms with Gasteiger partial charge in [-0.2, -0.15) is 0 Å². The van der Waals surface area contributed by atoms with E-state index in [4.69, 9.17) is 39.2 Å². The molecule has 0 radical (unpaired) electrons. The van der Waals surface area contributed by atoms with Crippen molar-refractivity contribution < 1.29 is 36.7 Å². The summed E-state index contributed by atoms with van der Waals surface area (Å²) in [6.45, 7) is 2.49. The van der Waals surface area contributed by atoms with E-state index < -0.39 is 24.9 Å². The molecule has 0 heterocycles. The van der Waals surface area contributed by atoms with Gasteiger partial charge in [-0.3, -0.25) is 4.52 Å². The molecule has 8 nitrogen and oxygen atoms in total. The Bertz CT molecular complexity index is 410. The van der Waals surface area contributed by atoms with E-state index >= 15 is 0 Å². The summed E-state index contributed by atoms with van der Waals surface area (Å²) in [5.74, 6) is -0.754. The third-order valence-corrected chi connectivity index (χ3v) is 8.60. The van der Waals surface area contributed by atoms with Gasteiger partial charge in [-0.15, -0.1) is 0 Å². The molecule has 0 fully saturated rings. The van der Waals surface area contributed by atoms with Crippen molar-refractivity contribution >= 4 is 42.7 Å². The summed E-state index contributed by atoms with van der Waals surface area (Å²) >= 11 is 5.83. The first-order chi connectivity index (χ1) is 11.3. The van der Waals surface area contributed by atoms with Crippen molar-refractivity contribution in [2.24, 2.45) is 0 Å². The Morgan fingerprint density at radius 3 is 1.75 bits per heavy atom. The molecule has 24 heavy (non-hydrogen) atoms. The monoisotopic (exact) mass is 424 g/mol. The molecule has 0 aromatic rings. The van der Waals surface area contributed by atoms with Crippen LogP contribution < -0.4 is 0 Å². The van der Waals surface area contributed by atoms with Crippen molar-refractivity contribution in [3.05, 3.63) is 0 Å². The van der Waals surface area contributed by atoms with E-state index in [1.165, 1.54) is 0 Å². The Hall–Kier alpha value is 0.500. The van der Waals surface area contributed by atoms with Crippen molar-refractivity contribution in [2.45, 2.75) is 40.1 Å². The predicted molar refractivity (Wildman–Crippen MR) is 97.5 cm³/mol. The minimum atomic E-state index is -3.63. The zero-order valence-corrected chi connectivity index (χ0v) is 18.0. The molecular formula is C12H26O8P2S2. The second kappa shape index (κ2) is 12.8. The Kier molecular flexibility index (Phi) is 13.1. The van der Waals surface area contributed by atoms with Crippen LogP contribution in [0.15, 0.2) is 0 Å². The molecule has 0 rings (SSSR count). The molecule has 0 aromatic heterocycles. The van der Waals surface area contributed by atoms with Crippen LogP contribution >= 0.6 is 24.9 Å². The predicted octanol–water partition coefficient (Wildman–Crippen LogP) is 4.10. The van der Waals surface area contributed by atoms with E-state index in [0.717, 1.165) is 0 Å². The van der Waals surface area contributed by atoms with Crippen LogP contribution in [0, 0.1) is 0 Å². The zero-order valence-electron chi connectivity index (χ0n) is 14.6. The lowest BCUT2D eigenvalue weighted by Gasteiger charge is -2.26. The average Bonchev–Trinajstić information content (AvgIpc) is 2.47. The van der Waals surface area contributed by atoms with Gasteiger partial charge in [-0.25, -0.2) is 9.36 Å². The number of hydrogen-bond donors (Lipinski definition) is 0. The second-order valence-electron chi connectivity index (χ2n) is 3.86. The van der Waals surface area contributed by atoms with Gasteiger partial charge in [-0.05, 0) is 46.4 Å². The van der Waals surface area contributed by atoms with Crippen LogP contribution in [0.25, 0.3) is 0 Å². The highest BCUT2D eigenvalue weighted by Gasteiger charge is 2.39. The summed E-state index contributed by atoms with van der Waals surface area (Å²) in [4.78, 5) is 12.2. The first-order valence-electron chi connectivity index (χ1n) is 7.61. The summed E-state index contributed by atoms with van der Waals surface area (Å²) in [7, 11) is 0. The molecule has 0 saturated carbocycles. The van der Waals surface area contributed by atoms with Crippen molar-refractivity contribution in [2.75, 3.05) is 33.0 Å². The summed E-state index contributed by atoms with van der Waals surface area (Å²) in [6.07, 6.45) is 0. The highest BCUT2D eigenvalue weighted by Crippen LogP contribution is 2.65. The minimum Gasteiger partial charge on any atom is -0.463 e. The molecule has 144 valence electrons. The van der Waals surface area contributed by atoms with Crippen molar-refractivity contribution in [1.82, 2.24) is 0 Å². The molecule has 0 aliphatic carbocycles. The van der Waals surface area contributed by atoms with Crippen LogP contribution in [-0.2, 0) is 48.5 Å². The molecule has 0 bridgehead atoms. The highest BCUT2D eigenvalue weighted by atomic mass is 32.7. The molecule has 0 N–H and O–H groups in total. The lowest BCUT2D eigenvalue weighted by molar-refractivity contribution is -0.147. The van der Waals surface area contributed by atoms with E-state index in [9.17, 15) is 9.36 Å². The van der Waals surface area contributed by atoms with Gasteiger partial charge >= 0.3 is 19.5 Å². The maximum absolute atomic E-state index is 12.7. The van der Waals surface area contributed by atoms with Crippen LogP contribution in [0.2, 0.25) is 0 Å². The molecule has 0 spiro atoms. The Morgan fingerprint density at radius 1 is 0.917 bits per heavy atom. The van der Waals surface area contributed by atoms with Crippen molar-refractivity contribution in [1.29, 1.82) is 0 Å². The van der Waals surface area contributed by atoms with Crippen molar-refractivity contribution in [3.8, 4) is 0 Å². The van der Waals surface area contributed by atoms with Crippen LogP contribution in [0.5, 0.6) is 0 Å². The fourth-order valence-corrected chi connectivity index (χ4v) is 7.60. The summed E-state index contributed by atoms with van der Waals surface area (Å²) in [6, 6.07) is 0. The van der Waals surface area contributed by atoms with Crippen LogP contribution in [-0.4, -0.2) is 44.4 Å². The Labute approximate surface area is 152 Å². The lowest BCUT2D eigenvalue weighted by atomic mass is 10.7. The zero-order chi connectivity index (χ0) is 18.6. The van der Waals surface area contributed by atoms with Gasteiger partial charge in [0.15, 0.2) is 0 Å². The fraction of sp³-hybridized carbons (Fsp3) is 0.917. The molecule has 0 amide bonds. The lowest BCUT2D eigenvalue weighted by Crippen LogP contribution is -2.23. The van der Waals surface area contributed by atoms with Crippen LogP contribution in [0.4, 0.5) is 0 Å². The van der Waals surface area contributed by atoms with E-state index in [2.05, 4.69) is 0 Å². The maximum atomic E-state index is 12.7. The second-order valence-corrected chi connectivity index (χ2v) is 10.8. The van der Waals surface area contributed by atoms with Crippen LogP contribution in [0.1, 0.15) is 34.6 Å². The first kappa shape index (κ1) is 24.5. The fourth-order valence-electron chi connectivity index (χ4n) is 1.38. The number of ether oxygens (including phenoxy) is 1. The third-order valence-electron chi connectivity index (χ3n) is 2.08. The number of rotatable bonds is 14. The number of carbonyl (C=O) groups is 1. The molecule has 12 heteroatoms. The normalized spacial score (nSPS) is 13.7. The van der Waals surface area contributed by atoms with Crippen molar-refractivity contribution in [3.63, 3.8) is 0 Å². The highest BCUT2D eigenvalue weighted by molar-refractivity contribution is 8.55. The Balaban J connectivity index is 5.39. The van der Waals surface area contributed by atoms with Gasteiger partial charge < -0.3 is 22.8 Å². The maximum Gasteiger partial charge on any atom is 0.392 e. The van der Waals surface area contributed by atoms with E-state index in [-0.39, 0.29) is 33.0 Å². The summed E-state index contributed by atoms with van der Waals surface area (Å²) < 4.78 is 44.2. The standard InChI is InChI=1S/C12H26O8P2S2/c1-6-15-11(13)12(20-22(23,18-9-4)19-10-5)24-21(14,16-7-2)17-8-3/h12H,6-10H2,1-5H3. The van der Waals surface area contributed by atoms with Crippen LogP contribution in [0.3, 0.4) is 0 Å². The first-order valence-corrected chi connectivity index (χ1v) is 13.2. The largest absolute Gasteiger partial charge is 0.463 e. The number of hydrogen-bond acceptors (Lipinski definition) is 10. The third kappa shape index (κ3) is 9.27. The molecule has 1 unspecified atom stereocenters. The quantitative estimate of drug-likeness (QED) is 0.231. The molecular weight excluding hydrogens is 398 g/mol. The smallest absolute Gasteiger partial charge is 0.392 e. The molecule has 0 aliphatic heterocycles. The van der Waals surface area contributed by atoms with Gasteiger partial charge in [0.2, 0.25) is 5.44 Å². The van der Waals surface area contributed by atoms with Gasteiger partial charge in [-0.1, -0.05) is 0 Å².